The minimum absolute atomic E-state index is 0.170. The van der Waals surface area contributed by atoms with Gasteiger partial charge in [-0.25, -0.2) is 19.3 Å². The molecule has 130 valence electrons. The summed E-state index contributed by atoms with van der Waals surface area (Å²) in [6.07, 6.45) is -3.82. The number of halogens is 4. The Kier molecular flexibility index (Phi) is 5.60. The van der Waals surface area contributed by atoms with E-state index in [2.05, 4.69) is 19.7 Å². The van der Waals surface area contributed by atoms with Crippen LogP contribution in [0.25, 0.3) is 11.3 Å². The maximum Gasteiger partial charge on any atom is 0.425 e. The van der Waals surface area contributed by atoms with Crippen molar-refractivity contribution in [2.24, 2.45) is 5.73 Å². The van der Waals surface area contributed by atoms with Crippen LogP contribution in [0.5, 0.6) is 5.88 Å². The first kappa shape index (κ1) is 18.4. The molecular formula is C14H14F4N4OS. The van der Waals surface area contributed by atoms with Crippen LogP contribution in [0.1, 0.15) is 12.6 Å². The molecule has 0 unspecified atom stereocenters. The normalized spacial score (nSPS) is 13.0. The third kappa shape index (κ3) is 4.32. The van der Waals surface area contributed by atoms with E-state index in [0.29, 0.717) is 16.5 Å². The van der Waals surface area contributed by atoms with Gasteiger partial charge in [0.1, 0.15) is 0 Å². The number of rotatable bonds is 5. The van der Waals surface area contributed by atoms with Crippen molar-refractivity contribution in [3.8, 4) is 17.1 Å². The standard InChI is InChI=1S/C14H14F4N4OS/c1-7(14(16,17)18)23-12-10(15)3-8(6-20-12)11-4-9(5-19)21-13(22-11)24-2/h3-4,6-7H,5,19H2,1-2H3/t7-/m1/s1. The lowest BCUT2D eigenvalue weighted by atomic mass is 10.2. The average molecular weight is 362 g/mol. The van der Waals surface area contributed by atoms with Crippen LogP contribution in [0.2, 0.25) is 0 Å². The molecule has 0 amide bonds. The summed E-state index contributed by atoms with van der Waals surface area (Å²) in [6, 6.07) is 2.58. The van der Waals surface area contributed by atoms with Gasteiger partial charge in [0.05, 0.1) is 11.4 Å². The van der Waals surface area contributed by atoms with Crippen LogP contribution < -0.4 is 10.5 Å². The van der Waals surface area contributed by atoms with Crippen LogP contribution in [0, 0.1) is 5.82 Å². The van der Waals surface area contributed by atoms with E-state index in [4.69, 9.17) is 5.73 Å². The van der Waals surface area contributed by atoms with E-state index in [1.54, 1.807) is 12.3 Å². The molecule has 2 N–H and O–H groups in total. The van der Waals surface area contributed by atoms with Crippen molar-refractivity contribution in [2.45, 2.75) is 30.9 Å². The molecule has 2 rings (SSSR count). The Labute approximate surface area is 139 Å². The lowest BCUT2D eigenvalue weighted by Gasteiger charge is -2.17. The molecule has 5 nitrogen and oxygen atoms in total. The molecule has 0 saturated carbocycles. The number of hydrogen-bond donors (Lipinski definition) is 1. The summed E-state index contributed by atoms with van der Waals surface area (Å²) in [6.45, 7) is 0.945. The lowest BCUT2D eigenvalue weighted by molar-refractivity contribution is -0.190. The Hall–Kier alpha value is -1.94. The van der Waals surface area contributed by atoms with Gasteiger partial charge in [0.2, 0.25) is 0 Å². The minimum atomic E-state index is -4.61. The second-order valence-corrected chi connectivity index (χ2v) is 5.52. The Morgan fingerprint density at radius 2 is 2.00 bits per heavy atom. The van der Waals surface area contributed by atoms with Crippen molar-refractivity contribution < 1.29 is 22.3 Å². The zero-order valence-corrected chi connectivity index (χ0v) is 13.6. The lowest BCUT2D eigenvalue weighted by Crippen LogP contribution is -2.31. The van der Waals surface area contributed by atoms with Gasteiger partial charge in [0.25, 0.3) is 5.88 Å². The second kappa shape index (κ2) is 7.31. The van der Waals surface area contributed by atoms with Crippen LogP contribution in [0.15, 0.2) is 23.5 Å². The third-order valence-electron chi connectivity index (χ3n) is 3.00. The first-order chi connectivity index (χ1) is 11.2. The van der Waals surface area contributed by atoms with Gasteiger partial charge in [-0.1, -0.05) is 11.8 Å². The molecular weight excluding hydrogens is 348 g/mol. The third-order valence-corrected chi connectivity index (χ3v) is 3.55. The number of nitrogens with zero attached hydrogens (tertiary/aromatic N) is 3. The zero-order valence-electron chi connectivity index (χ0n) is 12.8. The van der Waals surface area contributed by atoms with Crippen molar-refractivity contribution in [3.63, 3.8) is 0 Å². The smallest absolute Gasteiger partial charge is 0.425 e. The molecule has 2 aromatic rings. The summed E-state index contributed by atoms with van der Waals surface area (Å²) >= 11 is 1.28. The number of ether oxygens (including phenoxy) is 1. The maximum absolute atomic E-state index is 14.0. The molecule has 0 aromatic carbocycles. The highest BCUT2D eigenvalue weighted by Crippen LogP contribution is 2.28. The molecule has 10 heteroatoms. The minimum Gasteiger partial charge on any atom is -0.463 e. The number of aromatic nitrogens is 3. The van der Waals surface area contributed by atoms with Gasteiger partial charge in [0.15, 0.2) is 17.1 Å². The molecule has 0 fully saturated rings. The van der Waals surface area contributed by atoms with Crippen LogP contribution in [0.4, 0.5) is 17.6 Å². The summed E-state index contributed by atoms with van der Waals surface area (Å²) in [5.74, 6) is -1.73. The van der Waals surface area contributed by atoms with Gasteiger partial charge in [-0.15, -0.1) is 0 Å². The van der Waals surface area contributed by atoms with E-state index in [1.807, 2.05) is 0 Å². The first-order valence-electron chi connectivity index (χ1n) is 6.76. The highest BCUT2D eigenvalue weighted by Gasteiger charge is 2.38. The number of nitrogens with two attached hydrogens (primary N) is 1. The van der Waals surface area contributed by atoms with Crippen LogP contribution >= 0.6 is 11.8 Å². The van der Waals surface area contributed by atoms with E-state index in [-0.39, 0.29) is 12.1 Å². The van der Waals surface area contributed by atoms with Gasteiger partial charge in [-0.05, 0) is 25.3 Å². The topological polar surface area (TPSA) is 73.9 Å². The van der Waals surface area contributed by atoms with Crippen molar-refractivity contribution in [1.82, 2.24) is 15.0 Å². The quantitative estimate of drug-likeness (QED) is 0.500. The number of hydrogen-bond acceptors (Lipinski definition) is 6. The first-order valence-corrected chi connectivity index (χ1v) is 7.98. The number of alkyl halides is 3. The fourth-order valence-electron chi connectivity index (χ4n) is 1.70. The monoisotopic (exact) mass is 362 g/mol. The Bertz CT molecular complexity index is 704. The molecule has 2 aromatic heterocycles. The van der Waals surface area contributed by atoms with Gasteiger partial charge in [-0.2, -0.15) is 13.2 Å². The highest BCUT2D eigenvalue weighted by atomic mass is 32.2. The van der Waals surface area contributed by atoms with Gasteiger partial charge >= 0.3 is 6.18 Å². The summed E-state index contributed by atoms with van der Waals surface area (Å²) in [7, 11) is 0. The van der Waals surface area contributed by atoms with E-state index < -0.39 is 24.0 Å². The molecule has 0 aliphatic heterocycles. The number of pyridine rings is 1. The largest absolute Gasteiger partial charge is 0.463 e. The fraction of sp³-hybridized carbons (Fsp3) is 0.357. The van der Waals surface area contributed by atoms with Crippen LogP contribution in [0.3, 0.4) is 0 Å². The summed E-state index contributed by atoms with van der Waals surface area (Å²) < 4.78 is 56.0. The number of thioether (sulfide) groups is 1. The van der Waals surface area contributed by atoms with Crippen molar-refractivity contribution in [2.75, 3.05) is 6.26 Å². The van der Waals surface area contributed by atoms with Gasteiger partial charge in [-0.3, -0.25) is 0 Å². The van der Waals surface area contributed by atoms with Crippen molar-refractivity contribution in [1.29, 1.82) is 0 Å². The predicted octanol–water partition coefficient (Wildman–Crippen LogP) is 3.19. The van der Waals surface area contributed by atoms with Crippen LogP contribution in [-0.2, 0) is 6.54 Å². The van der Waals surface area contributed by atoms with Crippen LogP contribution in [-0.4, -0.2) is 33.5 Å². The van der Waals surface area contributed by atoms with E-state index in [0.717, 1.165) is 13.0 Å². The van der Waals surface area contributed by atoms with Gasteiger partial charge < -0.3 is 10.5 Å². The van der Waals surface area contributed by atoms with E-state index in [1.165, 1.54) is 18.0 Å². The molecule has 0 aliphatic carbocycles. The van der Waals surface area contributed by atoms with Crippen molar-refractivity contribution >= 4 is 11.8 Å². The summed E-state index contributed by atoms with van der Waals surface area (Å²) in [5, 5.41) is 0.444. The Morgan fingerprint density at radius 3 is 2.54 bits per heavy atom. The molecule has 0 bridgehead atoms. The predicted molar refractivity (Wildman–Crippen MR) is 81.0 cm³/mol. The molecule has 0 radical (unpaired) electrons. The zero-order chi connectivity index (χ0) is 17.9. The van der Waals surface area contributed by atoms with Gasteiger partial charge in [0, 0.05) is 18.3 Å². The SMILES string of the molecule is CSc1nc(CN)cc(-c2cnc(O[C@H](C)C(F)(F)F)c(F)c2)n1. The second-order valence-electron chi connectivity index (χ2n) is 4.75. The van der Waals surface area contributed by atoms with E-state index in [9.17, 15) is 17.6 Å². The van der Waals surface area contributed by atoms with E-state index >= 15 is 0 Å². The highest BCUT2D eigenvalue weighted by molar-refractivity contribution is 7.98. The molecule has 0 saturated heterocycles. The molecule has 1 atom stereocenters. The Morgan fingerprint density at radius 1 is 1.29 bits per heavy atom. The Balaban J connectivity index is 2.33. The summed E-state index contributed by atoms with van der Waals surface area (Å²) in [4.78, 5) is 12.0. The molecule has 24 heavy (non-hydrogen) atoms. The molecule has 0 spiro atoms. The maximum atomic E-state index is 14.0. The average Bonchev–Trinajstić information content (AvgIpc) is 2.55. The fourth-order valence-corrected chi connectivity index (χ4v) is 2.10. The summed E-state index contributed by atoms with van der Waals surface area (Å²) in [5.41, 5.74) is 6.76. The molecule has 0 aliphatic rings. The van der Waals surface area contributed by atoms with Crippen molar-refractivity contribution in [3.05, 3.63) is 29.8 Å². The molecule has 2 heterocycles.